The van der Waals surface area contributed by atoms with E-state index in [1.807, 2.05) is 0 Å². The Balaban J connectivity index is 1.47. The molecule has 5 amide bonds. The number of carbonyl (C=O) groups excluding carboxylic acids is 5. The Morgan fingerprint density at radius 2 is 1.79 bits per heavy atom. The molecule has 184 valence electrons. The first-order valence-corrected chi connectivity index (χ1v) is 11.0. The van der Waals surface area contributed by atoms with Crippen molar-refractivity contribution in [1.29, 1.82) is 0 Å². The molecule has 1 aromatic carbocycles. The Labute approximate surface area is 197 Å². The number of amides is 5. The van der Waals surface area contributed by atoms with Crippen LogP contribution in [0.4, 0.5) is 4.79 Å². The summed E-state index contributed by atoms with van der Waals surface area (Å²) in [6, 6.07) is 3.49. The van der Waals surface area contributed by atoms with Crippen LogP contribution in [-0.4, -0.2) is 84.6 Å². The molecule has 34 heavy (non-hydrogen) atoms. The Morgan fingerprint density at radius 1 is 1.09 bits per heavy atom. The number of nitrogens with one attached hydrogen (secondary N) is 1. The van der Waals surface area contributed by atoms with Crippen molar-refractivity contribution < 1.29 is 38.2 Å². The van der Waals surface area contributed by atoms with E-state index in [0.717, 1.165) is 4.90 Å². The van der Waals surface area contributed by atoms with E-state index in [1.165, 1.54) is 17.0 Å². The van der Waals surface area contributed by atoms with Gasteiger partial charge in [0.25, 0.3) is 11.8 Å². The molecule has 1 N–H and O–H groups in total. The largest absolute Gasteiger partial charge is 0.491 e. The maximum absolute atomic E-state index is 12.8. The summed E-state index contributed by atoms with van der Waals surface area (Å²) in [5, 5.41) is 2.16. The van der Waals surface area contributed by atoms with Gasteiger partial charge in [-0.15, -0.1) is 0 Å². The predicted molar refractivity (Wildman–Crippen MR) is 118 cm³/mol. The first-order chi connectivity index (χ1) is 16.0. The molecule has 2 aliphatic rings. The lowest BCUT2D eigenvalue weighted by Gasteiger charge is -2.27. The molecule has 0 spiro atoms. The number of hydrogen-bond acceptors (Lipinski definition) is 8. The standard InChI is InChI=1S/C23H29N3O8/c1-23(2,3)34-22(31)25(4)9-10-32-11-12-33-14-5-6-15-16(13-14)21(30)26(20(15)29)17-7-8-18(27)24-19(17)28/h5-6,13,17H,7-12H2,1-4H3,(H,24,27,28). The van der Waals surface area contributed by atoms with Crippen molar-refractivity contribution >= 4 is 29.7 Å². The summed E-state index contributed by atoms with van der Waals surface area (Å²) in [6.45, 7) is 6.45. The van der Waals surface area contributed by atoms with Crippen molar-refractivity contribution in [3.8, 4) is 5.75 Å². The summed E-state index contributed by atoms with van der Waals surface area (Å²) in [5.41, 5.74) is -0.239. The molecule has 1 atom stereocenters. The highest BCUT2D eigenvalue weighted by atomic mass is 16.6. The third-order valence-electron chi connectivity index (χ3n) is 5.18. The topological polar surface area (TPSA) is 132 Å². The maximum atomic E-state index is 12.8. The lowest BCUT2D eigenvalue weighted by atomic mass is 10.0. The molecule has 3 rings (SSSR count). The summed E-state index contributed by atoms with van der Waals surface area (Å²) >= 11 is 0. The summed E-state index contributed by atoms with van der Waals surface area (Å²) < 4.78 is 16.4. The second-order valence-electron chi connectivity index (χ2n) is 9.02. The summed E-state index contributed by atoms with van der Waals surface area (Å²) in [7, 11) is 1.62. The van der Waals surface area contributed by atoms with Gasteiger partial charge in [-0.3, -0.25) is 29.4 Å². The van der Waals surface area contributed by atoms with Gasteiger partial charge in [0.1, 0.15) is 24.0 Å². The molecule has 11 nitrogen and oxygen atoms in total. The lowest BCUT2D eigenvalue weighted by Crippen LogP contribution is -2.54. The van der Waals surface area contributed by atoms with Gasteiger partial charge < -0.3 is 19.1 Å². The molecule has 0 aromatic heterocycles. The minimum absolute atomic E-state index is 0.0612. The van der Waals surface area contributed by atoms with E-state index < -0.39 is 41.4 Å². The molecule has 0 bridgehead atoms. The van der Waals surface area contributed by atoms with Gasteiger partial charge in [-0.1, -0.05) is 0 Å². The number of nitrogens with zero attached hydrogens (tertiary/aromatic N) is 2. The predicted octanol–water partition coefficient (Wildman–Crippen LogP) is 1.35. The van der Waals surface area contributed by atoms with E-state index in [1.54, 1.807) is 33.9 Å². The van der Waals surface area contributed by atoms with Crippen molar-refractivity contribution in [1.82, 2.24) is 15.1 Å². The van der Waals surface area contributed by atoms with Gasteiger partial charge in [-0.05, 0) is 45.4 Å². The number of benzene rings is 1. The van der Waals surface area contributed by atoms with E-state index in [-0.39, 0.29) is 43.8 Å². The number of imide groups is 2. The van der Waals surface area contributed by atoms with Crippen LogP contribution in [0.1, 0.15) is 54.3 Å². The smallest absolute Gasteiger partial charge is 0.410 e. The highest BCUT2D eigenvalue weighted by molar-refractivity contribution is 6.23. The van der Waals surface area contributed by atoms with E-state index in [4.69, 9.17) is 14.2 Å². The minimum atomic E-state index is -1.01. The molecule has 2 aliphatic heterocycles. The fourth-order valence-corrected chi connectivity index (χ4v) is 3.49. The third-order valence-corrected chi connectivity index (χ3v) is 5.18. The van der Waals surface area contributed by atoms with Crippen LogP contribution in [0.15, 0.2) is 18.2 Å². The van der Waals surface area contributed by atoms with Crippen molar-refractivity contribution in [2.24, 2.45) is 0 Å². The van der Waals surface area contributed by atoms with Crippen LogP contribution in [0.3, 0.4) is 0 Å². The number of rotatable bonds is 8. The number of likely N-dealkylation sites (N-methyl/N-ethyl adjacent to an activating group) is 1. The quantitative estimate of drug-likeness (QED) is 0.440. The van der Waals surface area contributed by atoms with Gasteiger partial charge in [-0.2, -0.15) is 0 Å². The molecular formula is C23H29N3O8. The van der Waals surface area contributed by atoms with Crippen LogP contribution in [0.25, 0.3) is 0 Å². The highest BCUT2D eigenvalue weighted by Gasteiger charge is 2.44. The van der Waals surface area contributed by atoms with Gasteiger partial charge in [0.05, 0.1) is 24.3 Å². The molecule has 0 radical (unpaired) electrons. The van der Waals surface area contributed by atoms with E-state index in [2.05, 4.69) is 5.32 Å². The SMILES string of the molecule is CN(CCOCCOc1ccc2c(c1)C(=O)N(C1CCC(=O)NC1=O)C2=O)C(=O)OC(C)(C)C. The molecule has 1 unspecified atom stereocenters. The number of carbonyl (C=O) groups is 5. The Hall–Kier alpha value is -3.47. The summed E-state index contributed by atoms with van der Waals surface area (Å²) in [5.74, 6) is -1.87. The Kier molecular flexibility index (Phi) is 7.55. The monoisotopic (exact) mass is 475 g/mol. The molecule has 1 fully saturated rings. The van der Waals surface area contributed by atoms with Crippen molar-refractivity contribution in [3.05, 3.63) is 29.3 Å². The van der Waals surface area contributed by atoms with Crippen LogP contribution in [0.2, 0.25) is 0 Å². The van der Waals surface area contributed by atoms with Crippen LogP contribution in [-0.2, 0) is 19.1 Å². The zero-order valence-electron chi connectivity index (χ0n) is 19.7. The van der Waals surface area contributed by atoms with Gasteiger partial charge in [0.15, 0.2) is 0 Å². The number of piperidine rings is 1. The molecule has 1 saturated heterocycles. The van der Waals surface area contributed by atoms with Crippen LogP contribution >= 0.6 is 0 Å². The number of fused-ring (bicyclic) bond motifs is 1. The second kappa shape index (κ2) is 10.2. The summed E-state index contributed by atoms with van der Waals surface area (Å²) in [6.07, 6.45) is -0.276. The molecule has 11 heteroatoms. The van der Waals surface area contributed by atoms with Gasteiger partial charge in [0.2, 0.25) is 11.8 Å². The van der Waals surface area contributed by atoms with Crippen LogP contribution in [0.5, 0.6) is 5.75 Å². The Morgan fingerprint density at radius 3 is 2.47 bits per heavy atom. The van der Waals surface area contributed by atoms with Gasteiger partial charge in [0, 0.05) is 20.0 Å². The fraction of sp³-hybridized carbons (Fsp3) is 0.522. The molecular weight excluding hydrogens is 446 g/mol. The van der Waals surface area contributed by atoms with E-state index >= 15 is 0 Å². The van der Waals surface area contributed by atoms with Crippen molar-refractivity contribution in [3.63, 3.8) is 0 Å². The number of hydrogen-bond donors (Lipinski definition) is 1. The van der Waals surface area contributed by atoms with Gasteiger partial charge >= 0.3 is 6.09 Å². The molecule has 1 aromatic rings. The zero-order valence-corrected chi connectivity index (χ0v) is 19.7. The Bertz CT molecular complexity index is 1000. The first kappa shape index (κ1) is 25.2. The lowest BCUT2D eigenvalue weighted by molar-refractivity contribution is -0.136. The van der Waals surface area contributed by atoms with E-state index in [9.17, 15) is 24.0 Å². The van der Waals surface area contributed by atoms with Gasteiger partial charge in [-0.25, -0.2) is 4.79 Å². The summed E-state index contributed by atoms with van der Waals surface area (Å²) in [4.78, 5) is 63.2. The van der Waals surface area contributed by atoms with Crippen LogP contribution < -0.4 is 10.1 Å². The normalized spacial score (nSPS) is 18.0. The first-order valence-electron chi connectivity index (χ1n) is 11.0. The van der Waals surface area contributed by atoms with Crippen molar-refractivity contribution in [2.75, 3.05) is 33.4 Å². The molecule has 0 aliphatic carbocycles. The average Bonchev–Trinajstić information content (AvgIpc) is 2.99. The third kappa shape index (κ3) is 5.90. The minimum Gasteiger partial charge on any atom is -0.491 e. The average molecular weight is 475 g/mol. The van der Waals surface area contributed by atoms with E-state index in [0.29, 0.717) is 12.3 Å². The fourth-order valence-electron chi connectivity index (χ4n) is 3.49. The zero-order chi connectivity index (χ0) is 25.0. The second-order valence-corrected chi connectivity index (χ2v) is 9.02. The number of ether oxygens (including phenoxy) is 3. The van der Waals surface area contributed by atoms with Crippen LogP contribution in [0, 0.1) is 0 Å². The molecule has 2 heterocycles. The molecule has 0 saturated carbocycles. The van der Waals surface area contributed by atoms with Crippen molar-refractivity contribution in [2.45, 2.75) is 45.3 Å². The highest BCUT2D eigenvalue weighted by Crippen LogP contribution is 2.30. The maximum Gasteiger partial charge on any atom is 0.410 e.